The molecule has 1 saturated heterocycles. The number of H-pyrrole nitrogens is 1. The molecule has 1 aliphatic heterocycles. The molecular weight excluding hydrogens is 510 g/mol. The number of aromatic nitrogens is 1. The zero-order chi connectivity index (χ0) is 28.8. The number of hydrogen-bond donors (Lipinski definition) is 5. The number of carboxylic acids is 1. The Labute approximate surface area is 233 Å². The number of aromatic amines is 1. The molecule has 3 aromatic rings. The highest BCUT2D eigenvalue weighted by atomic mass is 16.4. The van der Waals surface area contributed by atoms with Gasteiger partial charge >= 0.3 is 5.97 Å². The number of carboxylic acid groups (broad SMARTS) is 1. The maximum atomic E-state index is 13.8. The zero-order valence-electron chi connectivity index (χ0n) is 22.8. The van der Waals surface area contributed by atoms with E-state index in [1.807, 2.05) is 68.4 Å². The fourth-order valence-corrected chi connectivity index (χ4v) is 5.11. The van der Waals surface area contributed by atoms with Crippen LogP contribution in [0.5, 0.6) is 0 Å². The van der Waals surface area contributed by atoms with Crippen LogP contribution in [0.1, 0.15) is 37.8 Å². The van der Waals surface area contributed by atoms with E-state index in [9.17, 15) is 24.3 Å². The fourth-order valence-electron chi connectivity index (χ4n) is 5.11. The molecule has 0 bridgehead atoms. The van der Waals surface area contributed by atoms with Crippen molar-refractivity contribution in [3.8, 4) is 0 Å². The molecule has 10 nitrogen and oxygen atoms in total. The summed E-state index contributed by atoms with van der Waals surface area (Å²) in [6, 6.07) is 13.1. The van der Waals surface area contributed by atoms with Crippen molar-refractivity contribution in [3.05, 3.63) is 71.9 Å². The lowest BCUT2D eigenvalue weighted by Crippen LogP contribution is -2.58. The van der Waals surface area contributed by atoms with Crippen LogP contribution in [0, 0.1) is 5.92 Å². The van der Waals surface area contributed by atoms with Crippen LogP contribution in [0.15, 0.2) is 60.8 Å². The molecule has 4 unspecified atom stereocenters. The molecular formula is C30H37N5O5. The van der Waals surface area contributed by atoms with Gasteiger partial charge in [-0.1, -0.05) is 62.4 Å². The number of amides is 3. The van der Waals surface area contributed by atoms with Gasteiger partial charge < -0.3 is 31.4 Å². The van der Waals surface area contributed by atoms with Gasteiger partial charge in [0.15, 0.2) is 0 Å². The summed E-state index contributed by atoms with van der Waals surface area (Å²) in [6.45, 7) is 3.94. The Bertz CT molecular complexity index is 1350. The van der Waals surface area contributed by atoms with Gasteiger partial charge in [0.25, 0.3) is 0 Å². The molecule has 0 radical (unpaired) electrons. The van der Waals surface area contributed by atoms with Crippen LogP contribution in [0.4, 0.5) is 0 Å². The molecule has 3 amide bonds. The first-order valence-electron chi connectivity index (χ1n) is 13.6. The lowest BCUT2D eigenvalue weighted by Gasteiger charge is -2.29. The van der Waals surface area contributed by atoms with Gasteiger partial charge in [-0.15, -0.1) is 0 Å². The van der Waals surface area contributed by atoms with Gasteiger partial charge in [0.1, 0.15) is 18.1 Å². The molecule has 0 saturated carbocycles. The third kappa shape index (κ3) is 6.69. The van der Waals surface area contributed by atoms with Gasteiger partial charge in [0.2, 0.25) is 17.7 Å². The minimum atomic E-state index is -1.07. The number of nitrogens with two attached hydrogens (primary N) is 1. The summed E-state index contributed by atoms with van der Waals surface area (Å²) < 4.78 is 0. The van der Waals surface area contributed by atoms with Crippen LogP contribution in [-0.2, 0) is 32.0 Å². The first-order chi connectivity index (χ1) is 19.2. The Morgan fingerprint density at radius 1 is 0.975 bits per heavy atom. The summed E-state index contributed by atoms with van der Waals surface area (Å²) >= 11 is 0. The SMILES string of the molecule is CC(C)C(N)C(=O)NC(Cc1ccccc1)C(=O)NC(Cc1c[nH]c2ccccc12)C(=O)N1CCCC1C(=O)O. The number of hydrogen-bond acceptors (Lipinski definition) is 5. The molecule has 1 aromatic heterocycles. The molecule has 0 aliphatic carbocycles. The molecule has 6 N–H and O–H groups in total. The van der Waals surface area contributed by atoms with Gasteiger partial charge in [-0.05, 0) is 36.0 Å². The Balaban J connectivity index is 1.62. The third-order valence-electron chi connectivity index (χ3n) is 7.47. The number of carbonyl (C=O) groups excluding carboxylic acids is 3. The van der Waals surface area contributed by atoms with E-state index in [-0.39, 0.29) is 18.8 Å². The summed E-state index contributed by atoms with van der Waals surface area (Å²) in [5.41, 5.74) is 8.58. The maximum absolute atomic E-state index is 13.8. The van der Waals surface area contributed by atoms with E-state index < -0.39 is 47.9 Å². The second kappa shape index (κ2) is 12.8. The molecule has 4 rings (SSSR count). The van der Waals surface area contributed by atoms with Crippen molar-refractivity contribution in [2.24, 2.45) is 11.7 Å². The predicted octanol–water partition coefficient (Wildman–Crippen LogP) is 1.98. The number of benzene rings is 2. The Morgan fingerprint density at radius 3 is 2.35 bits per heavy atom. The Kier molecular flexibility index (Phi) is 9.21. The van der Waals surface area contributed by atoms with E-state index in [2.05, 4.69) is 15.6 Å². The third-order valence-corrected chi connectivity index (χ3v) is 7.47. The highest BCUT2D eigenvalue weighted by Crippen LogP contribution is 2.23. The largest absolute Gasteiger partial charge is 0.480 e. The number of carbonyl (C=O) groups is 4. The summed E-state index contributed by atoms with van der Waals surface area (Å²) in [6.07, 6.45) is 3.05. The van der Waals surface area contributed by atoms with Crippen LogP contribution in [0.3, 0.4) is 0 Å². The second-order valence-electron chi connectivity index (χ2n) is 10.7. The molecule has 0 spiro atoms. The summed E-state index contributed by atoms with van der Waals surface area (Å²) in [5, 5.41) is 16.2. The number of nitrogens with zero attached hydrogens (tertiary/aromatic N) is 1. The number of likely N-dealkylation sites (tertiary alicyclic amines) is 1. The van der Waals surface area contributed by atoms with Crippen molar-refractivity contribution in [1.29, 1.82) is 0 Å². The van der Waals surface area contributed by atoms with E-state index in [1.54, 1.807) is 6.20 Å². The molecule has 10 heteroatoms. The van der Waals surface area contributed by atoms with Gasteiger partial charge in [0, 0.05) is 36.5 Å². The molecule has 2 heterocycles. The van der Waals surface area contributed by atoms with E-state index in [0.717, 1.165) is 22.0 Å². The average Bonchev–Trinajstić information content (AvgIpc) is 3.60. The van der Waals surface area contributed by atoms with Crippen LogP contribution in [-0.4, -0.2) is 69.4 Å². The zero-order valence-corrected chi connectivity index (χ0v) is 22.8. The Hall–Kier alpha value is -4.18. The monoisotopic (exact) mass is 547 g/mol. The van der Waals surface area contributed by atoms with E-state index in [1.165, 1.54) is 4.90 Å². The van der Waals surface area contributed by atoms with Crippen molar-refractivity contribution in [3.63, 3.8) is 0 Å². The lowest BCUT2D eigenvalue weighted by molar-refractivity contribution is -0.149. The van der Waals surface area contributed by atoms with Crippen LogP contribution in [0.2, 0.25) is 0 Å². The van der Waals surface area contributed by atoms with Crippen LogP contribution < -0.4 is 16.4 Å². The first-order valence-corrected chi connectivity index (χ1v) is 13.6. The first kappa shape index (κ1) is 28.8. The van der Waals surface area contributed by atoms with Crippen molar-refractivity contribution in [2.45, 2.75) is 63.7 Å². The Morgan fingerprint density at radius 2 is 1.65 bits per heavy atom. The fraction of sp³-hybridized carbons (Fsp3) is 0.400. The van der Waals surface area contributed by atoms with Crippen LogP contribution >= 0.6 is 0 Å². The second-order valence-corrected chi connectivity index (χ2v) is 10.7. The molecule has 2 aromatic carbocycles. The average molecular weight is 548 g/mol. The van der Waals surface area contributed by atoms with Gasteiger partial charge in [-0.25, -0.2) is 4.79 Å². The minimum absolute atomic E-state index is 0.139. The quantitative estimate of drug-likeness (QED) is 0.247. The van der Waals surface area contributed by atoms with E-state index in [4.69, 9.17) is 5.73 Å². The maximum Gasteiger partial charge on any atom is 0.326 e. The molecule has 40 heavy (non-hydrogen) atoms. The molecule has 4 atom stereocenters. The summed E-state index contributed by atoms with van der Waals surface area (Å²) in [4.78, 5) is 56.8. The van der Waals surface area contributed by atoms with E-state index >= 15 is 0 Å². The van der Waals surface area contributed by atoms with Crippen molar-refractivity contribution < 1.29 is 24.3 Å². The number of aliphatic carboxylic acids is 1. The van der Waals surface area contributed by atoms with Crippen LogP contribution in [0.25, 0.3) is 10.9 Å². The molecule has 1 fully saturated rings. The number of rotatable bonds is 11. The van der Waals surface area contributed by atoms with Crippen molar-refractivity contribution in [2.75, 3.05) is 6.54 Å². The van der Waals surface area contributed by atoms with Gasteiger partial charge in [-0.3, -0.25) is 14.4 Å². The number of para-hydroxylation sites is 1. The number of nitrogens with one attached hydrogen (secondary N) is 3. The topological polar surface area (TPSA) is 158 Å². The highest BCUT2D eigenvalue weighted by Gasteiger charge is 2.38. The van der Waals surface area contributed by atoms with E-state index in [0.29, 0.717) is 19.4 Å². The van der Waals surface area contributed by atoms with Gasteiger partial charge in [-0.2, -0.15) is 0 Å². The van der Waals surface area contributed by atoms with Crippen molar-refractivity contribution in [1.82, 2.24) is 20.5 Å². The highest BCUT2D eigenvalue weighted by molar-refractivity contribution is 5.95. The van der Waals surface area contributed by atoms with Gasteiger partial charge in [0.05, 0.1) is 6.04 Å². The predicted molar refractivity (Wildman–Crippen MR) is 151 cm³/mol. The smallest absolute Gasteiger partial charge is 0.326 e. The number of fused-ring (bicyclic) bond motifs is 1. The summed E-state index contributed by atoms with van der Waals surface area (Å²) in [7, 11) is 0. The lowest BCUT2D eigenvalue weighted by atomic mass is 10.00. The van der Waals surface area contributed by atoms with Crippen molar-refractivity contribution >= 4 is 34.6 Å². The standard InChI is InChI=1S/C30H37N5O5/c1-18(2)26(31)28(37)33-23(15-19-9-4-3-5-10-19)27(36)34-24(29(38)35-14-8-13-25(35)30(39)40)16-20-17-32-22-12-7-6-11-21(20)22/h3-7,9-12,17-18,23-26,32H,8,13-16,31H2,1-2H3,(H,33,37)(H,34,36)(H,39,40). The summed E-state index contributed by atoms with van der Waals surface area (Å²) in [5.74, 6) is -2.68. The minimum Gasteiger partial charge on any atom is -0.480 e. The molecule has 212 valence electrons. The normalized spacial score (nSPS) is 17.4. The molecule has 1 aliphatic rings.